The highest BCUT2D eigenvalue weighted by Crippen LogP contribution is 2.32. The predicted molar refractivity (Wildman–Crippen MR) is 92.4 cm³/mol. The molecule has 3 atom stereocenters. The molecule has 4 nitrogen and oxygen atoms in total. The summed E-state index contributed by atoms with van der Waals surface area (Å²) in [6.07, 6.45) is 5.90. The van der Waals surface area contributed by atoms with E-state index in [1.807, 2.05) is 24.4 Å². The molecule has 0 aliphatic carbocycles. The fourth-order valence-corrected chi connectivity index (χ4v) is 3.89. The Hall–Kier alpha value is -1.82. The van der Waals surface area contributed by atoms with Crippen molar-refractivity contribution in [3.63, 3.8) is 0 Å². The first-order valence-electron chi connectivity index (χ1n) is 8.90. The number of rotatable bonds is 5. The normalized spacial score (nSPS) is 26.5. The summed E-state index contributed by atoms with van der Waals surface area (Å²) in [5, 5.41) is 0. The summed E-state index contributed by atoms with van der Waals surface area (Å²) in [7, 11) is 0. The van der Waals surface area contributed by atoms with Gasteiger partial charge in [0.2, 0.25) is 0 Å². The summed E-state index contributed by atoms with van der Waals surface area (Å²) in [5.41, 5.74) is 2.07. The smallest absolute Gasteiger partial charge is 0.123 e. The Morgan fingerprint density at radius 3 is 3.00 bits per heavy atom. The first-order valence-corrected chi connectivity index (χ1v) is 8.90. The molecule has 0 spiro atoms. The quantitative estimate of drug-likeness (QED) is 0.836. The van der Waals surface area contributed by atoms with Gasteiger partial charge in [-0.15, -0.1) is 0 Å². The molecule has 2 aromatic rings. The monoisotopic (exact) mass is 342 g/mol. The van der Waals surface area contributed by atoms with Crippen LogP contribution in [-0.2, 0) is 22.6 Å². The third-order valence-corrected chi connectivity index (χ3v) is 5.05. The largest absolute Gasteiger partial charge is 0.374 e. The van der Waals surface area contributed by atoms with Gasteiger partial charge in [0.25, 0.3) is 0 Å². The minimum atomic E-state index is -0.183. The van der Waals surface area contributed by atoms with Gasteiger partial charge >= 0.3 is 0 Å². The number of likely N-dealkylation sites (tertiary alicyclic amines) is 1. The van der Waals surface area contributed by atoms with Crippen LogP contribution in [0.15, 0.2) is 48.8 Å². The van der Waals surface area contributed by atoms with Crippen LogP contribution in [0.1, 0.15) is 24.0 Å². The maximum atomic E-state index is 13.5. The van der Waals surface area contributed by atoms with Crippen molar-refractivity contribution in [2.24, 2.45) is 0 Å². The van der Waals surface area contributed by atoms with Crippen LogP contribution in [0.25, 0.3) is 0 Å². The van der Waals surface area contributed by atoms with Crippen molar-refractivity contribution in [2.45, 2.75) is 44.2 Å². The number of hydrogen-bond donors (Lipinski definition) is 0. The molecular formula is C20H23FN2O2. The van der Waals surface area contributed by atoms with Crippen LogP contribution in [0.5, 0.6) is 0 Å². The molecule has 2 saturated heterocycles. The lowest BCUT2D eigenvalue weighted by Crippen LogP contribution is -2.41. The summed E-state index contributed by atoms with van der Waals surface area (Å²) < 4.78 is 25.7. The summed E-state index contributed by atoms with van der Waals surface area (Å²) in [5.74, 6) is -0.183. The van der Waals surface area contributed by atoms with Gasteiger partial charge in [-0.25, -0.2) is 4.39 Å². The molecule has 132 valence electrons. The molecule has 0 amide bonds. The maximum absolute atomic E-state index is 13.5. The van der Waals surface area contributed by atoms with E-state index in [-0.39, 0.29) is 18.0 Å². The summed E-state index contributed by atoms with van der Waals surface area (Å²) in [6.45, 7) is 2.88. The number of benzene rings is 1. The fraction of sp³-hybridized carbons (Fsp3) is 0.450. The lowest BCUT2D eigenvalue weighted by atomic mass is 10.0. The second kappa shape index (κ2) is 7.60. The van der Waals surface area contributed by atoms with Gasteiger partial charge < -0.3 is 9.47 Å². The van der Waals surface area contributed by atoms with E-state index < -0.39 is 0 Å². The zero-order chi connectivity index (χ0) is 17.1. The summed E-state index contributed by atoms with van der Waals surface area (Å²) in [6, 6.07) is 11.1. The minimum Gasteiger partial charge on any atom is -0.374 e. The lowest BCUT2D eigenvalue weighted by Gasteiger charge is -2.32. The van der Waals surface area contributed by atoms with Crippen LogP contribution in [0, 0.1) is 5.82 Å². The molecule has 5 heteroatoms. The Labute approximate surface area is 147 Å². The number of halogens is 1. The van der Waals surface area contributed by atoms with Crippen LogP contribution in [0.4, 0.5) is 4.39 Å². The maximum Gasteiger partial charge on any atom is 0.123 e. The molecule has 0 radical (unpaired) electrons. The van der Waals surface area contributed by atoms with E-state index in [4.69, 9.17) is 9.47 Å². The van der Waals surface area contributed by atoms with Gasteiger partial charge in [0.1, 0.15) is 11.9 Å². The predicted octanol–water partition coefficient (Wildman–Crippen LogP) is 3.17. The van der Waals surface area contributed by atoms with Crippen LogP contribution in [0.3, 0.4) is 0 Å². The first-order chi connectivity index (χ1) is 12.3. The Balaban J connectivity index is 1.44. The number of aromatic nitrogens is 1. The van der Waals surface area contributed by atoms with E-state index in [1.54, 1.807) is 18.3 Å². The molecule has 2 fully saturated rings. The Bertz CT molecular complexity index is 697. The molecule has 1 aromatic carbocycles. The van der Waals surface area contributed by atoms with E-state index >= 15 is 0 Å². The second-order valence-corrected chi connectivity index (χ2v) is 6.82. The molecule has 3 heterocycles. The van der Waals surface area contributed by atoms with Crippen molar-refractivity contribution in [2.75, 3.05) is 13.2 Å². The molecule has 0 unspecified atom stereocenters. The first kappa shape index (κ1) is 16.6. The van der Waals surface area contributed by atoms with Crippen molar-refractivity contribution in [3.8, 4) is 0 Å². The van der Waals surface area contributed by atoms with Gasteiger partial charge in [-0.1, -0.05) is 18.2 Å². The number of fused-ring (bicyclic) bond motifs is 1. The van der Waals surface area contributed by atoms with E-state index in [1.165, 1.54) is 6.07 Å². The topological polar surface area (TPSA) is 34.6 Å². The lowest BCUT2D eigenvalue weighted by molar-refractivity contribution is -0.0819. The highest BCUT2D eigenvalue weighted by atomic mass is 19.1. The van der Waals surface area contributed by atoms with Gasteiger partial charge in [0, 0.05) is 38.1 Å². The Morgan fingerprint density at radius 1 is 1.24 bits per heavy atom. The summed E-state index contributed by atoms with van der Waals surface area (Å²) in [4.78, 5) is 6.51. The number of pyridine rings is 1. The zero-order valence-corrected chi connectivity index (χ0v) is 14.2. The van der Waals surface area contributed by atoms with Crippen molar-refractivity contribution >= 4 is 0 Å². The van der Waals surface area contributed by atoms with Crippen LogP contribution in [0.2, 0.25) is 0 Å². The average Bonchev–Trinajstić information content (AvgIpc) is 2.99. The van der Waals surface area contributed by atoms with Gasteiger partial charge in [-0.3, -0.25) is 9.88 Å². The van der Waals surface area contributed by atoms with Crippen LogP contribution < -0.4 is 0 Å². The van der Waals surface area contributed by atoms with E-state index in [2.05, 4.69) is 9.88 Å². The minimum absolute atomic E-state index is 0.0408. The number of ether oxygens (including phenoxy) is 2. The number of hydrogen-bond acceptors (Lipinski definition) is 4. The van der Waals surface area contributed by atoms with E-state index in [0.29, 0.717) is 12.6 Å². The Kier molecular flexibility index (Phi) is 5.06. The Morgan fingerprint density at radius 2 is 2.16 bits per heavy atom. The van der Waals surface area contributed by atoms with E-state index in [9.17, 15) is 4.39 Å². The molecule has 4 rings (SSSR count). The molecule has 0 bridgehead atoms. The van der Waals surface area contributed by atoms with Crippen LogP contribution >= 0.6 is 0 Å². The fourth-order valence-electron chi connectivity index (χ4n) is 3.89. The third kappa shape index (κ3) is 3.89. The van der Waals surface area contributed by atoms with Crippen molar-refractivity contribution < 1.29 is 13.9 Å². The standard InChI is InChI=1S/C20H23FN2O2/c21-17-6-1-4-15(10-17)12-23-13-19(20-18(23)7-3-9-24-20)25-14-16-5-2-8-22-11-16/h1-2,4-6,8,10-11,18-20H,3,7,9,12-14H2/t18-,19-,20+/m1/s1. The van der Waals surface area contributed by atoms with Crippen LogP contribution in [-0.4, -0.2) is 41.3 Å². The second-order valence-electron chi connectivity index (χ2n) is 6.82. The highest BCUT2D eigenvalue weighted by molar-refractivity contribution is 5.17. The average molecular weight is 342 g/mol. The van der Waals surface area contributed by atoms with Crippen molar-refractivity contribution in [1.82, 2.24) is 9.88 Å². The molecular weight excluding hydrogens is 319 g/mol. The molecule has 25 heavy (non-hydrogen) atoms. The highest BCUT2D eigenvalue weighted by Gasteiger charge is 2.44. The van der Waals surface area contributed by atoms with Gasteiger partial charge in [0.15, 0.2) is 0 Å². The third-order valence-electron chi connectivity index (χ3n) is 5.05. The molecule has 2 aliphatic rings. The van der Waals surface area contributed by atoms with E-state index in [0.717, 1.165) is 43.7 Å². The van der Waals surface area contributed by atoms with Crippen molar-refractivity contribution in [1.29, 1.82) is 0 Å². The molecule has 0 N–H and O–H groups in total. The zero-order valence-electron chi connectivity index (χ0n) is 14.2. The van der Waals surface area contributed by atoms with Crippen molar-refractivity contribution in [3.05, 3.63) is 65.7 Å². The van der Waals surface area contributed by atoms with Gasteiger partial charge in [0.05, 0.1) is 12.7 Å². The molecule has 1 aromatic heterocycles. The summed E-state index contributed by atoms with van der Waals surface area (Å²) >= 11 is 0. The number of nitrogens with zero attached hydrogens (tertiary/aromatic N) is 2. The van der Waals surface area contributed by atoms with Gasteiger partial charge in [-0.2, -0.15) is 0 Å². The van der Waals surface area contributed by atoms with Gasteiger partial charge in [-0.05, 0) is 42.2 Å². The molecule has 2 aliphatic heterocycles. The SMILES string of the molecule is Fc1cccc(CN2C[C@@H](OCc3cccnc3)[C@H]3OCCC[C@H]32)c1. The molecule has 0 saturated carbocycles.